The molecule has 15 rings (SSSR count). The highest BCUT2D eigenvalue weighted by Crippen LogP contribution is 2.44. The lowest BCUT2D eigenvalue weighted by Crippen LogP contribution is -2.39. The molecule has 0 bridgehead atoms. The van der Waals surface area contributed by atoms with E-state index in [1.165, 1.54) is 39.2 Å². The summed E-state index contributed by atoms with van der Waals surface area (Å²) < 4.78 is 84.3. The van der Waals surface area contributed by atoms with Crippen molar-refractivity contribution in [1.29, 1.82) is 0 Å². The van der Waals surface area contributed by atoms with Gasteiger partial charge in [0.2, 0.25) is 0 Å². The molecule has 3 saturated heterocycles. The summed E-state index contributed by atoms with van der Waals surface area (Å²) in [7, 11) is 10.2. The Hall–Kier alpha value is -9.91. The number of ether oxygens (including phenoxy) is 12. The van der Waals surface area contributed by atoms with Gasteiger partial charge in [-0.3, -0.25) is 0 Å². The molecule has 9 aromatic rings. The summed E-state index contributed by atoms with van der Waals surface area (Å²) in [5.74, 6) is 5.89. The standard InChI is InChI=1S/C31H34FNO4.C31H35NO4.C30H33NO4/c1-21-19-37-29-18-25(36-20-22-7-5-4-6-8-22)10-11-26(29)30(21)24-9-12-28(27(32)17-24)33-15-13-23(14-16-33)31(34-2)35-3;1-22-20-36-29-19-27(35-21-23-7-5-4-6-8-23)13-14-28(29)30(22)24-9-11-26(12-10-24)32-17-15-25(16-18-32)31(33-2)34-3;1-32-30(33-2)24-14-17-31(18-15-24)25-10-8-23(9-11-25)27-16-19-34-29-20-26(12-13-28(27)29)35-21-22-6-4-3-5-7-22/h4-12,17-18,23,31H,13-16,19-20H2,1-3H3;4-14,19,25,31H,15-18,20-21H2,1-3H3;3-13,16,20,24,30H,14-15,17-19,21H2,1-2H3. The first kappa shape index (κ1) is 76.3. The summed E-state index contributed by atoms with van der Waals surface area (Å²) in [6.07, 6.45) is 7.80. The molecule has 0 aliphatic carbocycles. The van der Waals surface area contributed by atoms with Crippen LogP contribution in [0.25, 0.3) is 16.7 Å². The van der Waals surface area contributed by atoms with E-state index in [1.54, 1.807) is 48.7 Å². The van der Waals surface area contributed by atoms with E-state index in [2.05, 4.69) is 113 Å². The SMILES string of the molecule is COC(OC)C1CCN(c2ccc(C3=C(C)COc4cc(OCc5ccccc5)ccc43)cc2)CC1.COC(OC)C1CCN(c2ccc(C3=C(C)COc4cc(OCc5ccccc5)ccc43)cc2F)CC1.COC(OC)C1CCN(c2ccc(C3=CCOc4cc(OCc5ccccc5)ccc43)cc2)CC1. The van der Waals surface area contributed by atoms with E-state index in [-0.39, 0.29) is 24.7 Å². The second kappa shape index (κ2) is 37.3. The highest BCUT2D eigenvalue weighted by Gasteiger charge is 2.32. The molecule has 15 nitrogen and oxygen atoms in total. The summed E-state index contributed by atoms with van der Waals surface area (Å²) >= 11 is 0. The molecule has 0 atom stereocenters. The molecule has 108 heavy (non-hydrogen) atoms. The minimum atomic E-state index is -0.206. The van der Waals surface area contributed by atoms with Gasteiger partial charge in [0.1, 0.15) is 80.0 Å². The molecule has 16 heteroatoms. The number of halogens is 1. The lowest BCUT2D eigenvalue weighted by atomic mass is 9.91. The van der Waals surface area contributed by atoms with E-state index >= 15 is 4.39 Å². The first-order valence-corrected chi connectivity index (χ1v) is 37.8. The Balaban J connectivity index is 0.000000143. The molecule has 6 heterocycles. The van der Waals surface area contributed by atoms with Crippen molar-refractivity contribution in [3.63, 3.8) is 0 Å². The van der Waals surface area contributed by atoms with E-state index in [4.69, 9.17) is 56.8 Å². The topological polar surface area (TPSA) is 120 Å². The van der Waals surface area contributed by atoms with Gasteiger partial charge < -0.3 is 71.5 Å². The van der Waals surface area contributed by atoms with Crippen LogP contribution in [0.4, 0.5) is 21.5 Å². The lowest BCUT2D eigenvalue weighted by molar-refractivity contribution is -0.141. The monoisotopic (exact) mass is 1460 g/mol. The van der Waals surface area contributed by atoms with Crippen LogP contribution in [0.15, 0.2) is 230 Å². The number of piperidine rings is 3. The second-order valence-corrected chi connectivity index (χ2v) is 28.4. The molecule has 3 fully saturated rings. The van der Waals surface area contributed by atoms with Crippen LogP contribution in [0.5, 0.6) is 34.5 Å². The van der Waals surface area contributed by atoms with Crippen molar-refractivity contribution in [2.24, 2.45) is 17.8 Å². The summed E-state index contributed by atoms with van der Waals surface area (Å²) in [4.78, 5) is 7.02. The van der Waals surface area contributed by atoms with Gasteiger partial charge in [-0.15, -0.1) is 0 Å². The van der Waals surface area contributed by atoms with Crippen molar-refractivity contribution >= 4 is 33.8 Å². The zero-order valence-electron chi connectivity index (χ0n) is 63.6. The van der Waals surface area contributed by atoms with E-state index in [9.17, 15) is 0 Å². The maximum absolute atomic E-state index is 15.4. The molecule has 564 valence electrons. The Morgan fingerprint density at radius 2 is 0.722 bits per heavy atom. The van der Waals surface area contributed by atoms with Crippen LogP contribution in [0.1, 0.15) is 102 Å². The zero-order valence-corrected chi connectivity index (χ0v) is 63.6. The Labute approximate surface area is 636 Å². The molecule has 0 spiro atoms. The first-order valence-electron chi connectivity index (χ1n) is 37.8. The number of anilines is 3. The average Bonchev–Trinajstić information content (AvgIpc) is 0.776. The van der Waals surface area contributed by atoms with Gasteiger partial charge in [0.25, 0.3) is 0 Å². The van der Waals surface area contributed by atoms with Gasteiger partial charge in [-0.05, 0) is 192 Å². The molecule has 0 saturated carbocycles. The Kier molecular flexibility index (Phi) is 26.3. The molecule has 0 amide bonds. The zero-order chi connectivity index (χ0) is 74.7. The molecular weight excluding hydrogens is 1360 g/mol. The fourth-order valence-electron chi connectivity index (χ4n) is 15.7. The van der Waals surface area contributed by atoms with Gasteiger partial charge in [-0.1, -0.05) is 121 Å². The molecule has 9 aromatic carbocycles. The van der Waals surface area contributed by atoms with Crippen LogP contribution >= 0.6 is 0 Å². The largest absolute Gasteiger partial charge is 0.489 e. The van der Waals surface area contributed by atoms with Gasteiger partial charge in [0.15, 0.2) is 18.9 Å². The molecule has 0 radical (unpaired) electrons. The Bertz CT molecular complexity index is 4460. The summed E-state index contributed by atoms with van der Waals surface area (Å²) in [5.41, 5.74) is 18.8. The number of fused-ring (bicyclic) bond motifs is 3. The highest BCUT2D eigenvalue weighted by atomic mass is 19.1. The van der Waals surface area contributed by atoms with Crippen LogP contribution in [0.3, 0.4) is 0 Å². The average molecular weight is 1460 g/mol. The van der Waals surface area contributed by atoms with Crippen LogP contribution in [0, 0.1) is 23.6 Å². The fraction of sp³-hybridized carbons (Fsp3) is 0.348. The molecule has 0 N–H and O–H groups in total. The minimum absolute atomic E-state index is 0.107. The molecule has 6 aliphatic heterocycles. The minimum Gasteiger partial charge on any atom is -0.489 e. The number of benzene rings is 9. The highest BCUT2D eigenvalue weighted by molar-refractivity contribution is 5.88. The quantitative estimate of drug-likeness (QED) is 0.0533. The maximum Gasteiger partial charge on any atom is 0.159 e. The van der Waals surface area contributed by atoms with Crippen molar-refractivity contribution in [2.45, 2.75) is 91.1 Å². The van der Waals surface area contributed by atoms with Crippen LogP contribution in [0.2, 0.25) is 0 Å². The fourth-order valence-corrected chi connectivity index (χ4v) is 15.7. The van der Waals surface area contributed by atoms with E-state index in [1.807, 2.05) is 128 Å². The van der Waals surface area contributed by atoms with Gasteiger partial charge in [-0.2, -0.15) is 0 Å². The van der Waals surface area contributed by atoms with Crippen molar-refractivity contribution in [2.75, 3.05) is 116 Å². The molecule has 0 aromatic heterocycles. The smallest absolute Gasteiger partial charge is 0.159 e. The number of rotatable bonds is 24. The van der Waals surface area contributed by atoms with Crippen LogP contribution < -0.4 is 43.1 Å². The van der Waals surface area contributed by atoms with Crippen LogP contribution in [-0.4, -0.2) is 121 Å². The number of nitrogens with zero attached hydrogens (tertiary/aromatic N) is 3. The summed E-state index contributed by atoms with van der Waals surface area (Å²) in [5, 5.41) is 0. The Morgan fingerprint density at radius 1 is 0.370 bits per heavy atom. The Morgan fingerprint density at radius 3 is 1.11 bits per heavy atom. The van der Waals surface area contributed by atoms with Crippen LogP contribution in [-0.2, 0) is 48.2 Å². The normalized spacial score (nSPS) is 16.1. The van der Waals surface area contributed by atoms with Gasteiger partial charge >= 0.3 is 0 Å². The molecular formula is C92H102FN3O12. The first-order chi connectivity index (χ1) is 53.0. The van der Waals surface area contributed by atoms with Crippen molar-refractivity contribution < 1.29 is 61.2 Å². The van der Waals surface area contributed by atoms with E-state index in [0.29, 0.717) is 63.1 Å². The van der Waals surface area contributed by atoms with Gasteiger partial charge in [-0.25, -0.2) is 4.39 Å². The predicted octanol–water partition coefficient (Wildman–Crippen LogP) is 18.7. The van der Waals surface area contributed by atoms with E-state index < -0.39 is 0 Å². The van der Waals surface area contributed by atoms with E-state index in [0.717, 1.165) is 162 Å². The summed E-state index contributed by atoms with van der Waals surface area (Å²) in [6, 6.07) is 72.1. The van der Waals surface area contributed by atoms with Crippen molar-refractivity contribution in [3.8, 4) is 34.5 Å². The lowest BCUT2D eigenvalue weighted by Gasteiger charge is -2.36. The third kappa shape index (κ3) is 18.8. The third-order valence-electron chi connectivity index (χ3n) is 21.5. The number of hydrogen-bond acceptors (Lipinski definition) is 15. The van der Waals surface area contributed by atoms with Crippen molar-refractivity contribution in [3.05, 3.63) is 285 Å². The number of hydrogen-bond donors (Lipinski definition) is 0. The van der Waals surface area contributed by atoms with Crippen molar-refractivity contribution in [1.82, 2.24) is 0 Å². The molecule has 6 aliphatic rings. The molecule has 0 unspecified atom stereocenters. The van der Waals surface area contributed by atoms with Gasteiger partial charge in [0, 0.05) is 146 Å². The number of methoxy groups -OCH3 is 6. The van der Waals surface area contributed by atoms with Gasteiger partial charge in [0.05, 0.1) is 5.69 Å². The third-order valence-corrected chi connectivity index (χ3v) is 21.5. The summed E-state index contributed by atoms with van der Waals surface area (Å²) in [6.45, 7) is 12.9. The predicted molar refractivity (Wildman–Crippen MR) is 426 cm³/mol. The second-order valence-electron chi connectivity index (χ2n) is 28.4. The maximum atomic E-state index is 15.4.